The molecule has 0 unspecified atom stereocenters. The lowest BCUT2D eigenvalue weighted by atomic mass is 10.1. The molecule has 2 N–H and O–H groups in total. The maximum Gasteiger partial charge on any atom is 0.328 e. The number of aromatic nitrogens is 1. The van der Waals surface area contributed by atoms with Gasteiger partial charge in [0.2, 0.25) is 5.88 Å². The summed E-state index contributed by atoms with van der Waals surface area (Å²) in [4.78, 5) is 28.2. The van der Waals surface area contributed by atoms with Crippen molar-refractivity contribution in [3.63, 3.8) is 0 Å². The quantitative estimate of drug-likeness (QED) is 0.775. The highest BCUT2D eigenvalue weighted by molar-refractivity contribution is 5.96. The molecule has 0 fully saturated rings. The van der Waals surface area contributed by atoms with Crippen LogP contribution in [-0.2, 0) is 16.0 Å². The van der Waals surface area contributed by atoms with Gasteiger partial charge in [0.25, 0.3) is 5.91 Å². The van der Waals surface area contributed by atoms with Crippen molar-refractivity contribution in [2.24, 2.45) is 0 Å². The van der Waals surface area contributed by atoms with Gasteiger partial charge in [-0.1, -0.05) is 6.07 Å². The molecule has 1 amide bonds. The van der Waals surface area contributed by atoms with Gasteiger partial charge < -0.3 is 19.9 Å². The van der Waals surface area contributed by atoms with Gasteiger partial charge in [-0.25, -0.2) is 9.78 Å². The van der Waals surface area contributed by atoms with E-state index in [0.717, 1.165) is 5.56 Å². The zero-order valence-electron chi connectivity index (χ0n) is 13.4. The highest BCUT2D eigenvalue weighted by atomic mass is 16.5. The highest BCUT2D eigenvalue weighted by Crippen LogP contribution is 2.12. The van der Waals surface area contributed by atoms with Crippen LogP contribution in [0.5, 0.6) is 11.6 Å². The molecule has 0 saturated heterocycles. The number of phenolic OH excluding ortho intramolecular Hbond substituents is 1. The van der Waals surface area contributed by atoms with E-state index in [2.05, 4.69) is 10.3 Å². The minimum Gasteiger partial charge on any atom is -0.508 e. The number of benzene rings is 1. The van der Waals surface area contributed by atoms with Gasteiger partial charge >= 0.3 is 5.97 Å². The zero-order chi connectivity index (χ0) is 17.5. The standard InChI is InChI=1S/C17H18N2O5/c1-23-15-8-3-11(10-18-15)9-14(17(22)24-2)19-16(21)12-4-6-13(20)7-5-12/h3-8,10,14,20H,9H2,1-2H3,(H,19,21)/t14-/m1/s1. The fourth-order valence-corrected chi connectivity index (χ4v) is 2.08. The number of ether oxygens (including phenoxy) is 2. The number of hydrogen-bond acceptors (Lipinski definition) is 6. The molecule has 0 aliphatic heterocycles. The number of phenols is 1. The molecule has 2 aromatic rings. The van der Waals surface area contributed by atoms with Crippen molar-refractivity contribution in [3.05, 3.63) is 53.7 Å². The minimum absolute atomic E-state index is 0.0559. The van der Waals surface area contributed by atoms with Crippen LogP contribution in [0, 0.1) is 0 Å². The second kappa shape index (κ2) is 7.96. The molecular formula is C17H18N2O5. The molecule has 2 rings (SSSR count). The first-order valence-corrected chi connectivity index (χ1v) is 7.20. The van der Waals surface area contributed by atoms with Gasteiger partial charge in [-0.05, 0) is 29.8 Å². The number of carbonyl (C=O) groups excluding carboxylic acids is 2. The summed E-state index contributed by atoms with van der Waals surface area (Å²) >= 11 is 0. The number of nitrogens with one attached hydrogen (secondary N) is 1. The highest BCUT2D eigenvalue weighted by Gasteiger charge is 2.22. The molecule has 24 heavy (non-hydrogen) atoms. The van der Waals surface area contributed by atoms with E-state index in [1.54, 1.807) is 18.3 Å². The number of esters is 1. The van der Waals surface area contributed by atoms with Crippen molar-refractivity contribution >= 4 is 11.9 Å². The molecule has 1 heterocycles. The number of nitrogens with zero attached hydrogens (tertiary/aromatic N) is 1. The zero-order valence-corrected chi connectivity index (χ0v) is 13.4. The van der Waals surface area contributed by atoms with Crippen LogP contribution in [-0.4, -0.2) is 42.2 Å². The number of aromatic hydroxyl groups is 1. The maximum atomic E-state index is 12.2. The number of pyridine rings is 1. The molecule has 0 spiro atoms. The summed E-state index contributed by atoms with van der Waals surface area (Å²) in [5.41, 5.74) is 1.08. The Hall–Kier alpha value is -3.09. The molecule has 0 bridgehead atoms. The first-order chi connectivity index (χ1) is 11.5. The lowest BCUT2D eigenvalue weighted by Crippen LogP contribution is -2.43. The van der Waals surface area contributed by atoms with Gasteiger partial charge in [-0.2, -0.15) is 0 Å². The summed E-state index contributed by atoms with van der Waals surface area (Å²) in [6.45, 7) is 0. The van der Waals surface area contributed by atoms with E-state index in [-0.39, 0.29) is 12.2 Å². The normalized spacial score (nSPS) is 11.4. The van der Waals surface area contributed by atoms with Gasteiger partial charge in [-0.15, -0.1) is 0 Å². The number of hydrogen-bond donors (Lipinski definition) is 2. The van der Waals surface area contributed by atoms with Crippen LogP contribution in [0.15, 0.2) is 42.6 Å². The summed E-state index contributed by atoms with van der Waals surface area (Å²) in [5, 5.41) is 11.9. The van der Waals surface area contributed by atoms with Gasteiger partial charge in [0, 0.05) is 24.2 Å². The maximum absolute atomic E-state index is 12.2. The fourth-order valence-electron chi connectivity index (χ4n) is 2.08. The lowest BCUT2D eigenvalue weighted by molar-refractivity contribution is -0.142. The van der Waals surface area contributed by atoms with Crippen molar-refractivity contribution in [1.82, 2.24) is 10.3 Å². The van der Waals surface area contributed by atoms with Crippen LogP contribution in [0.2, 0.25) is 0 Å². The summed E-state index contributed by atoms with van der Waals surface area (Å²) < 4.78 is 9.73. The Morgan fingerprint density at radius 1 is 1.17 bits per heavy atom. The van der Waals surface area contributed by atoms with Crippen LogP contribution < -0.4 is 10.1 Å². The first-order valence-electron chi connectivity index (χ1n) is 7.20. The topological polar surface area (TPSA) is 97.8 Å². The third-order valence-corrected chi connectivity index (χ3v) is 3.37. The van der Waals surface area contributed by atoms with E-state index in [9.17, 15) is 14.7 Å². The van der Waals surface area contributed by atoms with E-state index in [1.807, 2.05) is 0 Å². The Labute approximate surface area is 139 Å². The molecule has 7 nitrogen and oxygen atoms in total. The van der Waals surface area contributed by atoms with Gasteiger partial charge in [0.1, 0.15) is 11.8 Å². The molecule has 7 heteroatoms. The summed E-state index contributed by atoms with van der Waals surface area (Å²) in [7, 11) is 2.77. The monoisotopic (exact) mass is 330 g/mol. The number of rotatable bonds is 6. The van der Waals surface area contributed by atoms with Crippen molar-refractivity contribution in [2.75, 3.05) is 14.2 Å². The second-order valence-electron chi connectivity index (χ2n) is 5.01. The van der Waals surface area contributed by atoms with Crippen molar-refractivity contribution in [2.45, 2.75) is 12.5 Å². The molecule has 0 radical (unpaired) electrons. The third kappa shape index (κ3) is 4.45. The minimum atomic E-state index is -0.855. The molecule has 126 valence electrons. The number of methoxy groups -OCH3 is 2. The predicted octanol–water partition coefficient (Wildman–Crippen LogP) is 1.31. The van der Waals surface area contributed by atoms with Gasteiger partial charge in [-0.3, -0.25) is 4.79 Å². The van der Waals surface area contributed by atoms with Crippen LogP contribution in [0.4, 0.5) is 0 Å². The van der Waals surface area contributed by atoms with Crippen LogP contribution in [0.25, 0.3) is 0 Å². The average Bonchev–Trinajstić information content (AvgIpc) is 2.61. The average molecular weight is 330 g/mol. The van der Waals surface area contributed by atoms with Crippen LogP contribution in [0.3, 0.4) is 0 Å². The molecule has 1 aromatic heterocycles. The Balaban J connectivity index is 2.11. The molecule has 0 aliphatic rings. The Morgan fingerprint density at radius 2 is 1.88 bits per heavy atom. The summed E-state index contributed by atoms with van der Waals surface area (Å²) in [6.07, 6.45) is 1.80. The Kier molecular flexibility index (Phi) is 5.73. The fraction of sp³-hybridized carbons (Fsp3) is 0.235. The smallest absolute Gasteiger partial charge is 0.328 e. The molecule has 1 aromatic carbocycles. The summed E-state index contributed by atoms with van der Waals surface area (Å²) in [6, 6.07) is 8.30. The summed E-state index contributed by atoms with van der Waals surface area (Å²) in [5.74, 6) is -0.480. The Morgan fingerprint density at radius 3 is 2.42 bits per heavy atom. The second-order valence-corrected chi connectivity index (χ2v) is 5.01. The van der Waals surface area contributed by atoms with Crippen molar-refractivity contribution in [3.8, 4) is 11.6 Å². The van der Waals surface area contributed by atoms with E-state index in [4.69, 9.17) is 9.47 Å². The number of amides is 1. The SMILES string of the molecule is COC(=O)[C@@H](Cc1ccc(OC)nc1)NC(=O)c1ccc(O)cc1. The van der Waals surface area contributed by atoms with E-state index in [1.165, 1.54) is 38.5 Å². The molecular weight excluding hydrogens is 312 g/mol. The largest absolute Gasteiger partial charge is 0.508 e. The van der Waals surface area contributed by atoms with E-state index >= 15 is 0 Å². The van der Waals surface area contributed by atoms with Gasteiger partial charge in [0.15, 0.2) is 0 Å². The molecule has 1 atom stereocenters. The van der Waals surface area contributed by atoms with Gasteiger partial charge in [0.05, 0.1) is 14.2 Å². The predicted molar refractivity (Wildman–Crippen MR) is 85.9 cm³/mol. The van der Waals surface area contributed by atoms with Crippen LogP contribution >= 0.6 is 0 Å². The third-order valence-electron chi connectivity index (χ3n) is 3.37. The molecule has 0 aliphatic carbocycles. The van der Waals surface area contributed by atoms with Crippen LogP contribution in [0.1, 0.15) is 15.9 Å². The van der Waals surface area contributed by atoms with Crippen molar-refractivity contribution < 1.29 is 24.2 Å². The molecule has 0 saturated carbocycles. The van der Waals surface area contributed by atoms with E-state index in [0.29, 0.717) is 11.4 Å². The van der Waals surface area contributed by atoms with E-state index < -0.39 is 17.9 Å². The Bertz CT molecular complexity index is 698. The number of carbonyl (C=O) groups is 2. The lowest BCUT2D eigenvalue weighted by Gasteiger charge is -2.16. The first kappa shape index (κ1) is 17.3. The van der Waals surface area contributed by atoms with Crippen molar-refractivity contribution in [1.29, 1.82) is 0 Å².